The average molecular weight is 273 g/mol. The van der Waals surface area contributed by atoms with E-state index in [0.29, 0.717) is 5.88 Å². The number of rotatable bonds is 8. The van der Waals surface area contributed by atoms with Crippen molar-refractivity contribution in [2.24, 2.45) is 0 Å². The summed E-state index contributed by atoms with van der Waals surface area (Å²) in [4.78, 5) is 0. The van der Waals surface area contributed by atoms with E-state index in [-0.39, 0.29) is 6.29 Å². The highest BCUT2D eigenvalue weighted by atomic mass is 35.5. The number of ether oxygens (including phenoxy) is 1. The Labute approximate surface area is 111 Å². The van der Waals surface area contributed by atoms with Crippen LogP contribution in [0.25, 0.3) is 0 Å². The summed E-state index contributed by atoms with van der Waals surface area (Å²) in [6.07, 6.45) is 0.924. The van der Waals surface area contributed by atoms with E-state index in [1.165, 1.54) is 5.56 Å². The Bertz CT molecular complexity index is 295. The highest BCUT2D eigenvalue weighted by Gasteiger charge is 2.15. The van der Waals surface area contributed by atoms with Crippen LogP contribution < -0.4 is 0 Å². The van der Waals surface area contributed by atoms with Crippen LogP contribution in [0.15, 0.2) is 30.3 Å². The van der Waals surface area contributed by atoms with Gasteiger partial charge >= 0.3 is 0 Å². The van der Waals surface area contributed by atoms with Crippen LogP contribution >= 0.6 is 11.6 Å². The zero-order chi connectivity index (χ0) is 12.5. The fourth-order valence-electron chi connectivity index (χ4n) is 1.73. The summed E-state index contributed by atoms with van der Waals surface area (Å²) in [5.41, 5.74) is 1.35. The summed E-state index contributed by atoms with van der Waals surface area (Å²) in [5, 5.41) is 0. The van der Waals surface area contributed by atoms with Gasteiger partial charge in [-0.15, -0.1) is 11.6 Å². The molecule has 0 fully saturated rings. The van der Waals surface area contributed by atoms with Crippen LogP contribution in [0, 0.1) is 0 Å². The molecule has 0 radical (unpaired) electrons. The largest absolute Gasteiger partial charge is 0.395 e. The van der Waals surface area contributed by atoms with Gasteiger partial charge in [0.25, 0.3) is 0 Å². The summed E-state index contributed by atoms with van der Waals surface area (Å²) < 4.78 is 11.1. The molecule has 4 heteroatoms. The van der Waals surface area contributed by atoms with Crippen molar-refractivity contribution in [1.82, 2.24) is 0 Å². The first kappa shape index (κ1) is 14.7. The van der Waals surface area contributed by atoms with Gasteiger partial charge in [0.1, 0.15) is 6.29 Å². The summed E-state index contributed by atoms with van der Waals surface area (Å²) in [6.45, 7) is 1.95. The molecular weight excluding hydrogens is 252 g/mol. The lowest BCUT2D eigenvalue weighted by Crippen LogP contribution is -2.28. The molecule has 1 aromatic rings. The SMILES string of the molecule is COC(C)O[SiH](CCCCl)Cc1ccccc1. The van der Waals surface area contributed by atoms with E-state index >= 15 is 0 Å². The molecule has 0 N–H and O–H groups in total. The standard InChI is InChI=1S/C13H21ClO2Si/c1-12(15-2)16-17(10-6-9-14)11-13-7-4-3-5-8-13/h3-5,7-8,12,17H,6,9-11H2,1-2H3. The number of alkyl halides is 1. The number of hydrogen-bond donors (Lipinski definition) is 0. The second-order valence-corrected chi connectivity index (χ2v) is 6.96. The maximum absolute atomic E-state index is 5.96. The first-order valence-electron chi connectivity index (χ1n) is 6.04. The molecule has 0 saturated carbocycles. The number of hydrogen-bond acceptors (Lipinski definition) is 2. The topological polar surface area (TPSA) is 18.5 Å². The molecule has 0 aliphatic rings. The van der Waals surface area contributed by atoms with Crippen LogP contribution in [0.1, 0.15) is 18.9 Å². The van der Waals surface area contributed by atoms with Gasteiger partial charge in [-0.05, 0) is 31.0 Å². The first-order valence-corrected chi connectivity index (χ1v) is 8.68. The van der Waals surface area contributed by atoms with Crippen molar-refractivity contribution in [3.63, 3.8) is 0 Å². The van der Waals surface area contributed by atoms with E-state index in [1.807, 2.05) is 13.0 Å². The van der Waals surface area contributed by atoms with Crippen LogP contribution in [0.5, 0.6) is 0 Å². The lowest BCUT2D eigenvalue weighted by Gasteiger charge is -2.20. The Balaban J connectivity index is 2.50. The van der Waals surface area contributed by atoms with Crippen LogP contribution in [0.2, 0.25) is 6.04 Å². The van der Waals surface area contributed by atoms with Crippen molar-refractivity contribution >= 4 is 20.6 Å². The van der Waals surface area contributed by atoms with Crippen molar-refractivity contribution in [2.75, 3.05) is 13.0 Å². The third-order valence-electron chi connectivity index (χ3n) is 2.68. The van der Waals surface area contributed by atoms with Crippen LogP contribution in [0.4, 0.5) is 0 Å². The van der Waals surface area contributed by atoms with Gasteiger partial charge in [0, 0.05) is 13.0 Å². The molecule has 0 aromatic heterocycles. The fourth-order valence-corrected chi connectivity index (χ4v) is 4.69. The molecule has 17 heavy (non-hydrogen) atoms. The number of halogens is 1. The van der Waals surface area contributed by atoms with Crippen LogP contribution in [-0.2, 0) is 15.2 Å². The zero-order valence-electron chi connectivity index (χ0n) is 10.6. The van der Waals surface area contributed by atoms with Gasteiger partial charge < -0.3 is 9.16 Å². The molecule has 0 spiro atoms. The van der Waals surface area contributed by atoms with Crippen LogP contribution in [-0.4, -0.2) is 28.3 Å². The summed E-state index contributed by atoms with van der Waals surface area (Å²) >= 11 is 5.75. The first-order chi connectivity index (χ1) is 8.26. The van der Waals surface area contributed by atoms with Crippen molar-refractivity contribution < 1.29 is 9.16 Å². The Morgan fingerprint density at radius 2 is 2.00 bits per heavy atom. The Morgan fingerprint density at radius 1 is 1.29 bits per heavy atom. The fraction of sp³-hybridized carbons (Fsp3) is 0.538. The summed E-state index contributed by atoms with van der Waals surface area (Å²) in [6, 6.07) is 12.6. The molecule has 0 aliphatic carbocycles. The average Bonchev–Trinajstić information content (AvgIpc) is 2.37. The normalized spacial score (nSPS) is 14.5. The van der Waals surface area contributed by atoms with Gasteiger partial charge in [0.15, 0.2) is 9.04 Å². The summed E-state index contributed by atoms with van der Waals surface area (Å²) in [7, 11) is 0.418. The Morgan fingerprint density at radius 3 is 2.59 bits per heavy atom. The number of benzene rings is 1. The van der Waals surface area contributed by atoms with Crippen LogP contribution in [0.3, 0.4) is 0 Å². The van der Waals surface area contributed by atoms with E-state index in [0.717, 1.165) is 18.5 Å². The van der Waals surface area contributed by atoms with E-state index in [9.17, 15) is 0 Å². The third-order valence-corrected chi connectivity index (χ3v) is 5.70. The highest BCUT2D eigenvalue weighted by Crippen LogP contribution is 2.11. The second-order valence-electron chi connectivity index (χ2n) is 4.08. The van der Waals surface area contributed by atoms with E-state index < -0.39 is 9.04 Å². The predicted molar refractivity (Wildman–Crippen MR) is 75.0 cm³/mol. The molecule has 0 bridgehead atoms. The van der Waals surface area contributed by atoms with Crippen molar-refractivity contribution in [3.8, 4) is 0 Å². The van der Waals surface area contributed by atoms with Gasteiger partial charge in [0.05, 0.1) is 0 Å². The van der Waals surface area contributed by atoms with Gasteiger partial charge in [-0.25, -0.2) is 0 Å². The third kappa shape index (κ3) is 6.22. The molecule has 96 valence electrons. The van der Waals surface area contributed by atoms with Crippen molar-refractivity contribution in [2.45, 2.75) is 31.7 Å². The molecule has 1 rings (SSSR count). The predicted octanol–water partition coefficient (Wildman–Crippen LogP) is 3.13. The molecule has 2 nitrogen and oxygen atoms in total. The second kappa shape index (κ2) is 8.70. The smallest absolute Gasteiger partial charge is 0.184 e. The lowest BCUT2D eigenvalue weighted by atomic mass is 10.2. The van der Waals surface area contributed by atoms with Gasteiger partial charge in [-0.2, -0.15) is 0 Å². The van der Waals surface area contributed by atoms with E-state index in [4.69, 9.17) is 20.8 Å². The molecule has 2 atom stereocenters. The zero-order valence-corrected chi connectivity index (χ0v) is 12.5. The molecule has 0 aliphatic heterocycles. The molecular formula is C13H21ClO2Si. The van der Waals surface area contributed by atoms with Gasteiger partial charge in [-0.1, -0.05) is 30.3 Å². The minimum atomic E-state index is -1.26. The lowest BCUT2D eigenvalue weighted by molar-refractivity contribution is -0.0417. The summed E-state index contributed by atoms with van der Waals surface area (Å²) in [5.74, 6) is 0.711. The minimum Gasteiger partial charge on any atom is -0.395 e. The quantitative estimate of drug-likeness (QED) is 0.411. The molecule has 0 saturated heterocycles. The Hall–Kier alpha value is -0.353. The van der Waals surface area contributed by atoms with Crippen molar-refractivity contribution in [1.29, 1.82) is 0 Å². The van der Waals surface area contributed by atoms with E-state index in [1.54, 1.807) is 7.11 Å². The monoisotopic (exact) mass is 272 g/mol. The maximum Gasteiger partial charge on any atom is 0.184 e. The number of methoxy groups -OCH3 is 1. The van der Waals surface area contributed by atoms with Crippen molar-refractivity contribution in [3.05, 3.63) is 35.9 Å². The minimum absolute atomic E-state index is 0.106. The molecule has 0 heterocycles. The molecule has 1 aromatic carbocycles. The highest BCUT2D eigenvalue weighted by molar-refractivity contribution is 6.51. The van der Waals surface area contributed by atoms with E-state index in [2.05, 4.69) is 24.3 Å². The molecule has 2 unspecified atom stereocenters. The van der Waals surface area contributed by atoms with Gasteiger partial charge in [-0.3, -0.25) is 0 Å². The van der Waals surface area contributed by atoms with Gasteiger partial charge in [0.2, 0.25) is 0 Å². The molecule has 0 amide bonds. The maximum atomic E-state index is 5.96. The Kier molecular flexibility index (Phi) is 7.52.